The molecular formula is C7H10F3N3S. The molecule has 0 spiro atoms. The van der Waals surface area contributed by atoms with Crippen LogP contribution in [0.2, 0.25) is 0 Å². The fraction of sp³-hybridized carbons (Fsp3) is 0.714. The summed E-state index contributed by atoms with van der Waals surface area (Å²) in [6.45, 7) is 3.15. The summed E-state index contributed by atoms with van der Waals surface area (Å²) >= 11 is 0.995. The molecule has 1 aromatic rings. The summed E-state index contributed by atoms with van der Waals surface area (Å²) < 4.78 is 35.8. The molecule has 14 heavy (non-hydrogen) atoms. The van der Waals surface area contributed by atoms with Gasteiger partial charge in [-0.1, -0.05) is 18.3 Å². The predicted octanol–water partition coefficient (Wildman–Crippen LogP) is 1.75. The van der Waals surface area contributed by atoms with Gasteiger partial charge >= 0.3 is 6.18 Å². The number of rotatable bonds is 4. The lowest BCUT2D eigenvalue weighted by molar-refractivity contribution is -0.127. The van der Waals surface area contributed by atoms with E-state index in [0.717, 1.165) is 17.9 Å². The van der Waals surface area contributed by atoms with Gasteiger partial charge in [0.25, 0.3) is 0 Å². The molecule has 0 aliphatic carbocycles. The Bertz CT molecular complexity index is 284. The molecule has 0 aliphatic heterocycles. The maximum Gasteiger partial charge on any atom is 0.395 e. The molecule has 1 heterocycles. The van der Waals surface area contributed by atoms with Gasteiger partial charge in [-0.25, -0.2) is 0 Å². The Morgan fingerprint density at radius 3 is 2.50 bits per heavy atom. The zero-order valence-corrected chi connectivity index (χ0v) is 8.37. The fourth-order valence-electron chi connectivity index (χ4n) is 0.835. The van der Waals surface area contributed by atoms with Crippen LogP contribution >= 0.6 is 11.3 Å². The summed E-state index contributed by atoms with van der Waals surface area (Å²) in [4.78, 5) is 0. The molecule has 0 amide bonds. The molecule has 1 N–H and O–H groups in total. The van der Waals surface area contributed by atoms with Gasteiger partial charge in [-0.3, -0.25) is 0 Å². The first-order valence-electron chi connectivity index (χ1n) is 4.10. The van der Waals surface area contributed by atoms with E-state index in [-0.39, 0.29) is 5.01 Å². The Labute approximate surface area is 83.4 Å². The van der Waals surface area contributed by atoms with Gasteiger partial charge < -0.3 is 5.32 Å². The van der Waals surface area contributed by atoms with E-state index in [4.69, 9.17) is 0 Å². The van der Waals surface area contributed by atoms with Gasteiger partial charge in [0.05, 0.1) is 6.42 Å². The van der Waals surface area contributed by atoms with Crippen molar-refractivity contribution in [3.05, 3.63) is 10.0 Å². The highest BCUT2D eigenvalue weighted by Crippen LogP contribution is 2.23. The molecule has 7 heteroatoms. The molecule has 0 bridgehead atoms. The van der Waals surface area contributed by atoms with E-state index >= 15 is 0 Å². The van der Waals surface area contributed by atoms with Crippen molar-refractivity contribution in [2.45, 2.75) is 26.1 Å². The lowest BCUT2D eigenvalue weighted by Gasteiger charge is -2.00. The van der Waals surface area contributed by atoms with E-state index in [1.807, 2.05) is 6.92 Å². The molecule has 0 atom stereocenters. The highest BCUT2D eigenvalue weighted by molar-refractivity contribution is 7.11. The van der Waals surface area contributed by atoms with Crippen molar-refractivity contribution in [2.24, 2.45) is 0 Å². The second-order valence-electron chi connectivity index (χ2n) is 2.66. The first kappa shape index (κ1) is 11.4. The highest BCUT2D eigenvalue weighted by atomic mass is 32.1. The van der Waals surface area contributed by atoms with Crippen molar-refractivity contribution in [1.82, 2.24) is 15.5 Å². The normalized spacial score (nSPS) is 12.0. The Balaban J connectivity index is 2.51. The molecule has 0 saturated carbocycles. The second kappa shape index (κ2) is 4.70. The summed E-state index contributed by atoms with van der Waals surface area (Å²) in [6, 6.07) is 0. The molecule has 0 aromatic carbocycles. The average Bonchev–Trinajstić information content (AvgIpc) is 2.46. The van der Waals surface area contributed by atoms with E-state index in [9.17, 15) is 13.2 Å². The Kier molecular flexibility index (Phi) is 3.82. The molecule has 3 nitrogen and oxygen atoms in total. The minimum absolute atomic E-state index is 0.0189. The average molecular weight is 225 g/mol. The van der Waals surface area contributed by atoms with Crippen molar-refractivity contribution in [3.8, 4) is 0 Å². The van der Waals surface area contributed by atoms with Crippen molar-refractivity contribution in [3.63, 3.8) is 0 Å². The molecule has 1 rings (SSSR count). The molecule has 0 fully saturated rings. The van der Waals surface area contributed by atoms with Crippen LogP contribution in [0.25, 0.3) is 0 Å². The van der Waals surface area contributed by atoms with Gasteiger partial charge in [0.1, 0.15) is 10.0 Å². The van der Waals surface area contributed by atoms with Gasteiger partial charge in [0, 0.05) is 6.54 Å². The van der Waals surface area contributed by atoms with Crippen LogP contribution in [0.4, 0.5) is 13.2 Å². The van der Waals surface area contributed by atoms with Crippen LogP contribution in [-0.4, -0.2) is 22.9 Å². The zero-order chi connectivity index (χ0) is 10.6. The summed E-state index contributed by atoms with van der Waals surface area (Å²) in [6.07, 6.45) is -5.19. The summed E-state index contributed by atoms with van der Waals surface area (Å²) in [7, 11) is 0. The first-order valence-corrected chi connectivity index (χ1v) is 4.91. The van der Waals surface area contributed by atoms with E-state index in [1.165, 1.54) is 0 Å². The third-order valence-corrected chi connectivity index (χ3v) is 2.31. The minimum Gasteiger partial charge on any atom is -0.311 e. The zero-order valence-electron chi connectivity index (χ0n) is 7.56. The van der Waals surface area contributed by atoms with E-state index in [2.05, 4.69) is 15.5 Å². The van der Waals surface area contributed by atoms with Gasteiger partial charge in [-0.15, -0.1) is 10.2 Å². The number of aromatic nitrogens is 2. The smallest absolute Gasteiger partial charge is 0.311 e. The SMILES string of the molecule is CCNCc1nnc(CC(F)(F)F)s1. The van der Waals surface area contributed by atoms with Crippen molar-refractivity contribution in [1.29, 1.82) is 0 Å². The van der Waals surface area contributed by atoms with Crippen LogP contribution in [0.5, 0.6) is 0 Å². The summed E-state index contributed by atoms with van der Waals surface area (Å²) in [5.41, 5.74) is 0. The maximum absolute atomic E-state index is 11.9. The van der Waals surface area contributed by atoms with Gasteiger partial charge in [0.15, 0.2) is 0 Å². The molecule has 0 aliphatic rings. The quantitative estimate of drug-likeness (QED) is 0.848. The Morgan fingerprint density at radius 1 is 1.29 bits per heavy atom. The van der Waals surface area contributed by atoms with Crippen LogP contribution in [0.1, 0.15) is 16.9 Å². The topological polar surface area (TPSA) is 37.8 Å². The van der Waals surface area contributed by atoms with Gasteiger partial charge in [-0.05, 0) is 6.54 Å². The van der Waals surface area contributed by atoms with Gasteiger partial charge in [-0.2, -0.15) is 13.2 Å². The number of alkyl halides is 3. The van der Waals surface area contributed by atoms with Gasteiger partial charge in [0.2, 0.25) is 0 Å². The monoisotopic (exact) mass is 225 g/mol. The molecule has 1 aromatic heterocycles. The highest BCUT2D eigenvalue weighted by Gasteiger charge is 2.29. The molecule has 80 valence electrons. The molecule has 0 saturated heterocycles. The number of hydrogen-bond donors (Lipinski definition) is 1. The summed E-state index contributed by atoms with van der Waals surface area (Å²) in [5, 5.41) is 10.7. The largest absolute Gasteiger partial charge is 0.395 e. The lowest BCUT2D eigenvalue weighted by Crippen LogP contribution is -2.11. The number of nitrogens with zero attached hydrogens (tertiary/aromatic N) is 2. The van der Waals surface area contributed by atoms with Crippen LogP contribution in [0, 0.1) is 0 Å². The standard InChI is InChI=1S/C7H10F3N3S/c1-2-11-4-6-13-12-5(14-6)3-7(8,9)10/h11H,2-4H2,1H3. The predicted molar refractivity (Wildman–Crippen MR) is 47.0 cm³/mol. The van der Waals surface area contributed by atoms with Crippen LogP contribution in [0.15, 0.2) is 0 Å². The van der Waals surface area contributed by atoms with Crippen molar-refractivity contribution < 1.29 is 13.2 Å². The van der Waals surface area contributed by atoms with Crippen molar-refractivity contribution in [2.75, 3.05) is 6.54 Å². The molecule has 0 unspecified atom stereocenters. The third kappa shape index (κ3) is 4.01. The number of halogens is 3. The van der Waals surface area contributed by atoms with E-state index < -0.39 is 12.6 Å². The molecule has 0 radical (unpaired) electrons. The van der Waals surface area contributed by atoms with Crippen LogP contribution in [-0.2, 0) is 13.0 Å². The number of hydrogen-bond acceptors (Lipinski definition) is 4. The fourth-order valence-corrected chi connectivity index (χ4v) is 1.68. The minimum atomic E-state index is -4.20. The number of nitrogens with one attached hydrogen (secondary N) is 1. The van der Waals surface area contributed by atoms with E-state index in [1.54, 1.807) is 0 Å². The molecular weight excluding hydrogens is 215 g/mol. The first-order chi connectivity index (χ1) is 6.51. The van der Waals surface area contributed by atoms with Crippen molar-refractivity contribution >= 4 is 11.3 Å². The maximum atomic E-state index is 11.9. The summed E-state index contributed by atoms with van der Waals surface area (Å²) in [5.74, 6) is 0. The second-order valence-corrected chi connectivity index (χ2v) is 3.81. The van der Waals surface area contributed by atoms with Crippen LogP contribution < -0.4 is 5.32 Å². The Hall–Kier alpha value is -0.690. The van der Waals surface area contributed by atoms with Crippen LogP contribution in [0.3, 0.4) is 0 Å². The van der Waals surface area contributed by atoms with E-state index in [0.29, 0.717) is 11.6 Å². The Morgan fingerprint density at radius 2 is 1.93 bits per heavy atom. The lowest BCUT2D eigenvalue weighted by atomic mass is 10.4. The third-order valence-electron chi connectivity index (χ3n) is 1.39.